The van der Waals surface area contributed by atoms with Crippen LogP contribution in [0.25, 0.3) is 11.0 Å². The lowest BCUT2D eigenvalue weighted by Gasteiger charge is -2.32. The number of carbonyl (C=O) groups is 1. The van der Waals surface area contributed by atoms with Crippen LogP contribution in [0.15, 0.2) is 48.7 Å². The molecule has 28 heavy (non-hydrogen) atoms. The van der Waals surface area contributed by atoms with Gasteiger partial charge in [-0.2, -0.15) is 0 Å². The summed E-state index contributed by atoms with van der Waals surface area (Å²) in [5, 5.41) is 0. The third kappa shape index (κ3) is 3.19. The van der Waals surface area contributed by atoms with Crippen molar-refractivity contribution in [3.05, 3.63) is 54.2 Å². The number of carbonyl (C=O) groups excluding carboxylic acids is 1. The van der Waals surface area contributed by atoms with Crippen molar-refractivity contribution in [2.24, 2.45) is 0 Å². The number of benzene rings is 2. The van der Waals surface area contributed by atoms with Crippen molar-refractivity contribution in [3.8, 4) is 17.4 Å². The smallest absolute Gasteiger partial charge is 0.253 e. The standard InChI is InChI=1S/C21H19N3O4/c25-21(14-5-6-18-19(11-14)27-13-26-18)24-9-7-15(8-10-24)28-20-12-22-16-3-1-2-4-17(16)23-20/h1-6,11-12,15H,7-10,13H2. The first kappa shape index (κ1) is 16.8. The zero-order valence-corrected chi connectivity index (χ0v) is 15.2. The molecule has 0 aliphatic carbocycles. The van der Waals surface area contributed by atoms with Gasteiger partial charge in [-0.25, -0.2) is 9.97 Å². The minimum atomic E-state index is 0.00208. The molecule has 1 saturated heterocycles. The number of rotatable bonds is 3. The van der Waals surface area contributed by atoms with E-state index in [-0.39, 0.29) is 18.8 Å². The third-order valence-electron chi connectivity index (χ3n) is 5.06. The zero-order valence-electron chi connectivity index (χ0n) is 15.2. The third-order valence-corrected chi connectivity index (χ3v) is 5.06. The van der Waals surface area contributed by atoms with Crippen LogP contribution in [-0.2, 0) is 0 Å². The average molecular weight is 377 g/mol. The fourth-order valence-corrected chi connectivity index (χ4v) is 3.56. The van der Waals surface area contributed by atoms with E-state index in [1.54, 1.807) is 24.4 Å². The highest BCUT2D eigenvalue weighted by Gasteiger charge is 2.26. The Labute approximate surface area is 161 Å². The van der Waals surface area contributed by atoms with Crippen molar-refractivity contribution < 1.29 is 19.0 Å². The summed E-state index contributed by atoms with van der Waals surface area (Å²) in [4.78, 5) is 23.5. The minimum Gasteiger partial charge on any atom is -0.473 e. The van der Waals surface area contributed by atoms with Crippen molar-refractivity contribution >= 4 is 16.9 Å². The fraction of sp³-hybridized carbons (Fsp3) is 0.286. The molecule has 0 spiro atoms. The molecule has 0 unspecified atom stereocenters. The second-order valence-corrected chi connectivity index (χ2v) is 6.87. The Bertz CT molecular complexity index is 1030. The molecule has 3 aromatic rings. The van der Waals surface area contributed by atoms with Gasteiger partial charge in [0.25, 0.3) is 5.91 Å². The van der Waals surface area contributed by atoms with Gasteiger partial charge in [-0.15, -0.1) is 0 Å². The Morgan fingerprint density at radius 3 is 2.68 bits per heavy atom. The molecule has 2 aromatic carbocycles. The molecule has 7 nitrogen and oxygen atoms in total. The summed E-state index contributed by atoms with van der Waals surface area (Å²) >= 11 is 0. The zero-order chi connectivity index (χ0) is 18.9. The second kappa shape index (κ2) is 6.99. The van der Waals surface area contributed by atoms with Crippen LogP contribution in [0.5, 0.6) is 17.4 Å². The van der Waals surface area contributed by atoms with Crippen LogP contribution in [0.3, 0.4) is 0 Å². The van der Waals surface area contributed by atoms with Crippen LogP contribution in [-0.4, -0.2) is 46.8 Å². The maximum atomic E-state index is 12.8. The Kier molecular flexibility index (Phi) is 4.20. The highest BCUT2D eigenvalue weighted by molar-refractivity contribution is 5.95. The van der Waals surface area contributed by atoms with Gasteiger partial charge in [-0.3, -0.25) is 4.79 Å². The van der Waals surface area contributed by atoms with E-state index >= 15 is 0 Å². The topological polar surface area (TPSA) is 73.8 Å². The Balaban J connectivity index is 1.21. The van der Waals surface area contributed by atoms with Gasteiger partial charge in [0.1, 0.15) is 6.10 Å². The number of hydrogen-bond acceptors (Lipinski definition) is 6. The molecule has 1 fully saturated rings. The first-order valence-electron chi connectivity index (χ1n) is 9.34. The maximum Gasteiger partial charge on any atom is 0.253 e. The van der Waals surface area contributed by atoms with E-state index < -0.39 is 0 Å². The van der Waals surface area contributed by atoms with Gasteiger partial charge in [0.05, 0.1) is 17.2 Å². The van der Waals surface area contributed by atoms with Crippen LogP contribution in [0.4, 0.5) is 0 Å². The van der Waals surface area contributed by atoms with Crippen LogP contribution in [0, 0.1) is 0 Å². The van der Waals surface area contributed by atoms with E-state index in [1.165, 1.54) is 0 Å². The summed E-state index contributed by atoms with van der Waals surface area (Å²) in [6, 6.07) is 13.0. The maximum absolute atomic E-state index is 12.8. The first-order valence-corrected chi connectivity index (χ1v) is 9.34. The minimum absolute atomic E-state index is 0.00208. The molecule has 2 aliphatic rings. The molecule has 1 amide bonds. The van der Waals surface area contributed by atoms with Gasteiger partial charge in [0.15, 0.2) is 11.5 Å². The lowest BCUT2D eigenvalue weighted by Crippen LogP contribution is -2.41. The summed E-state index contributed by atoms with van der Waals surface area (Å²) in [7, 11) is 0. The Hall–Kier alpha value is -3.35. The van der Waals surface area contributed by atoms with Crippen molar-refractivity contribution in [2.75, 3.05) is 19.9 Å². The molecule has 1 aromatic heterocycles. The molecule has 142 valence electrons. The summed E-state index contributed by atoms with van der Waals surface area (Å²) in [5.74, 6) is 1.83. The molecular formula is C21H19N3O4. The number of likely N-dealkylation sites (tertiary alicyclic amines) is 1. The number of nitrogens with zero attached hydrogens (tertiary/aromatic N) is 3. The van der Waals surface area contributed by atoms with E-state index in [0.29, 0.717) is 36.0 Å². The SMILES string of the molecule is O=C(c1ccc2c(c1)OCO2)N1CCC(Oc2cnc3ccccc3n2)CC1. The average Bonchev–Trinajstić information content (AvgIpc) is 3.21. The number of para-hydroxylation sites is 2. The largest absolute Gasteiger partial charge is 0.473 e. The van der Waals surface area contributed by atoms with Gasteiger partial charge in [0, 0.05) is 31.5 Å². The van der Waals surface area contributed by atoms with Crippen LogP contribution in [0.2, 0.25) is 0 Å². The highest BCUT2D eigenvalue weighted by atomic mass is 16.7. The van der Waals surface area contributed by atoms with Crippen molar-refractivity contribution in [3.63, 3.8) is 0 Å². The lowest BCUT2D eigenvalue weighted by molar-refractivity contribution is 0.0587. The number of piperidine rings is 1. The van der Waals surface area contributed by atoms with Gasteiger partial charge in [-0.1, -0.05) is 12.1 Å². The Morgan fingerprint density at radius 1 is 1.04 bits per heavy atom. The molecular weight excluding hydrogens is 358 g/mol. The summed E-state index contributed by atoms with van der Waals surface area (Å²) in [5.41, 5.74) is 2.28. The van der Waals surface area contributed by atoms with E-state index in [0.717, 1.165) is 23.9 Å². The number of aromatic nitrogens is 2. The number of hydrogen-bond donors (Lipinski definition) is 0. The van der Waals surface area contributed by atoms with Gasteiger partial charge in [0.2, 0.25) is 12.7 Å². The lowest BCUT2D eigenvalue weighted by atomic mass is 10.1. The predicted octanol–water partition coefficient (Wildman–Crippen LogP) is 3.04. The van der Waals surface area contributed by atoms with E-state index in [1.807, 2.05) is 29.2 Å². The number of fused-ring (bicyclic) bond motifs is 2. The van der Waals surface area contributed by atoms with Crippen LogP contribution < -0.4 is 14.2 Å². The normalized spacial score (nSPS) is 16.4. The molecule has 0 radical (unpaired) electrons. The van der Waals surface area contributed by atoms with Crippen molar-refractivity contribution in [1.82, 2.24) is 14.9 Å². The number of amides is 1. The molecule has 5 rings (SSSR count). The number of ether oxygens (including phenoxy) is 3. The van der Waals surface area contributed by atoms with Crippen molar-refractivity contribution in [1.29, 1.82) is 0 Å². The summed E-state index contributed by atoms with van der Waals surface area (Å²) < 4.78 is 16.7. The molecule has 0 saturated carbocycles. The molecule has 0 bridgehead atoms. The van der Waals surface area contributed by atoms with Gasteiger partial charge < -0.3 is 19.1 Å². The molecule has 3 heterocycles. The van der Waals surface area contributed by atoms with E-state index in [2.05, 4.69) is 9.97 Å². The highest BCUT2D eigenvalue weighted by Crippen LogP contribution is 2.33. The van der Waals surface area contributed by atoms with Crippen LogP contribution >= 0.6 is 0 Å². The quantitative estimate of drug-likeness (QED) is 0.699. The summed E-state index contributed by atoms with van der Waals surface area (Å²) in [6.07, 6.45) is 3.19. The second-order valence-electron chi connectivity index (χ2n) is 6.87. The summed E-state index contributed by atoms with van der Waals surface area (Å²) in [6.45, 7) is 1.48. The molecule has 0 atom stereocenters. The monoisotopic (exact) mass is 377 g/mol. The molecule has 2 aliphatic heterocycles. The molecule has 0 N–H and O–H groups in total. The van der Waals surface area contributed by atoms with Crippen LogP contribution in [0.1, 0.15) is 23.2 Å². The fourth-order valence-electron chi connectivity index (χ4n) is 3.56. The van der Waals surface area contributed by atoms with E-state index in [9.17, 15) is 4.79 Å². The van der Waals surface area contributed by atoms with Crippen molar-refractivity contribution in [2.45, 2.75) is 18.9 Å². The first-order chi connectivity index (χ1) is 13.8. The van der Waals surface area contributed by atoms with Gasteiger partial charge >= 0.3 is 0 Å². The van der Waals surface area contributed by atoms with E-state index in [4.69, 9.17) is 14.2 Å². The Morgan fingerprint density at radius 2 is 1.82 bits per heavy atom. The van der Waals surface area contributed by atoms with Gasteiger partial charge in [-0.05, 0) is 30.3 Å². The molecule has 7 heteroatoms. The predicted molar refractivity (Wildman–Crippen MR) is 102 cm³/mol.